The van der Waals surface area contributed by atoms with Gasteiger partial charge in [-0.2, -0.15) is 0 Å². The van der Waals surface area contributed by atoms with Gasteiger partial charge in [-0.1, -0.05) is 47.5 Å². The number of rotatable bonds is 5. The number of benzene rings is 2. The summed E-state index contributed by atoms with van der Waals surface area (Å²) < 4.78 is 5.27. The lowest BCUT2D eigenvalue weighted by atomic mass is 10.2. The number of para-hydroxylation sites is 1. The number of pyridine rings is 1. The van der Waals surface area contributed by atoms with E-state index in [1.54, 1.807) is 24.3 Å². The molecule has 24 heavy (non-hydrogen) atoms. The number of fused-ring (bicyclic) bond motifs is 1. The lowest BCUT2D eigenvalue weighted by Gasteiger charge is -2.07. The van der Waals surface area contributed by atoms with Crippen LogP contribution in [0.25, 0.3) is 10.9 Å². The summed E-state index contributed by atoms with van der Waals surface area (Å²) in [5.74, 6) is 0.151. The largest absolute Gasteiger partial charge is 0.460 e. The minimum Gasteiger partial charge on any atom is -0.460 e. The monoisotopic (exact) mass is 377 g/mol. The zero-order valence-electron chi connectivity index (χ0n) is 12.5. The van der Waals surface area contributed by atoms with Gasteiger partial charge in [0.1, 0.15) is 12.3 Å². The van der Waals surface area contributed by atoms with E-state index in [4.69, 9.17) is 27.9 Å². The minimum absolute atomic E-state index is 0.265. The molecule has 0 fully saturated rings. The summed E-state index contributed by atoms with van der Waals surface area (Å²) in [6, 6.07) is 16.4. The van der Waals surface area contributed by atoms with Gasteiger partial charge in [0.25, 0.3) is 0 Å². The van der Waals surface area contributed by atoms with Crippen molar-refractivity contribution in [1.82, 2.24) is 4.98 Å². The van der Waals surface area contributed by atoms with Crippen LogP contribution in [0.2, 0.25) is 10.0 Å². The molecule has 1 heterocycles. The van der Waals surface area contributed by atoms with E-state index < -0.39 is 5.97 Å². The average molecular weight is 378 g/mol. The van der Waals surface area contributed by atoms with Gasteiger partial charge in [-0.15, -0.1) is 11.8 Å². The molecule has 0 unspecified atom stereocenters. The molecule has 0 aliphatic carbocycles. The standard InChI is InChI=1S/C18H13Cl2NO2S/c19-13-6-7-14(20)17(11-13)24-10-9-23-18(22)16-8-5-12-3-1-2-4-15(12)21-16/h1-8,11H,9-10H2. The van der Waals surface area contributed by atoms with Crippen LogP contribution in [0.4, 0.5) is 0 Å². The van der Waals surface area contributed by atoms with Crippen molar-refractivity contribution in [2.75, 3.05) is 12.4 Å². The highest BCUT2D eigenvalue weighted by Crippen LogP contribution is 2.29. The van der Waals surface area contributed by atoms with Crippen molar-refractivity contribution in [3.05, 3.63) is 70.3 Å². The van der Waals surface area contributed by atoms with Crippen LogP contribution in [-0.2, 0) is 4.74 Å². The van der Waals surface area contributed by atoms with Gasteiger partial charge in [0.2, 0.25) is 0 Å². The van der Waals surface area contributed by atoms with Gasteiger partial charge in [-0.05, 0) is 30.3 Å². The van der Waals surface area contributed by atoms with Gasteiger partial charge in [0, 0.05) is 21.1 Å². The first-order chi connectivity index (χ1) is 11.6. The first kappa shape index (κ1) is 17.1. The molecule has 0 N–H and O–H groups in total. The molecule has 0 aliphatic heterocycles. The molecule has 3 aromatic rings. The molecule has 122 valence electrons. The highest BCUT2D eigenvalue weighted by Gasteiger charge is 2.10. The summed E-state index contributed by atoms with van der Waals surface area (Å²) in [5, 5.41) is 2.24. The first-order valence-corrected chi connectivity index (χ1v) is 8.98. The summed E-state index contributed by atoms with van der Waals surface area (Å²) in [4.78, 5) is 17.3. The van der Waals surface area contributed by atoms with Crippen molar-refractivity contribution in [3.63, 3.8) is 0 Å². The van der Waals surface area contributed by atoms with E-state index in [-0.39, 0.29) is 6.61 Å². The number of ether oxygens (including phenoxy) is 1. The third-order valence-corrected chi connectivity index (χ3v) is 4.97. The maximum Gasteiger partial charge on any atom is 0.356 e. The Bertz CT molecular complexity index is 886. The Morgan fingerprint density at radius 1 is 1.08 bits per heavy atom. The molecule has 0 radical (unpaired) electrons. The molecule has 0 amide bonds. The van der Waals surface area contributed by atoms with Gasteiger partial charge >= 0.3 is 5.97 Å². The molecule has 0 bridgehead atoms. The molecule has 3 nitrogen and oxygen atoms in total. The highest BCUT2D eigenvalue weighted by atomic mass is 35.5. The average Bonchev–Trinajstić information content (AvgIpc) is 2.61. The Hall–Kier alpha value is -1.75. The van der Waals surface area contributed by atoms with E-state index in [9.17, 15) is 4.79 Å². The van der Waals surface area contributed by atoms with Crippen LogP contribution in [0, 0.1) is 0 Å². The van der Waals surface area contributed by atoms with Crippen LogP contribution in [0.15, 0.2) is 59.5 Å². The normalized spacial score (nSPS) is 10.8. The lowest BCUT2D eigenvalue weighted by molar-refractivity contribution is 0.0524. The fraction of sp³-hybridized carbons (Fsp3) is 0.111. The van der Waals surface area contributed by atoms with Gasteiger partial charge in [-0.3, -0.25) is 0 Å². The summed E-state index contributed by atoms with van der Waals surface area (Å²) in [6.45, 7) is 0.265. The third kappa shape index (κ3) is 4.20. The van der Waals surface area contributed by atoms with Crippen LogP contribution in [-0.4, -0.2) is 23.3 Å². The second-order valence-electron chi connectivity index (χ2n) is 4.95. The molecular formula is C18H13Cl2NO2S. The van der Waals surface area contributed by atoms with Crippen LogP contribution in [0.1, 0.15) is 10.5 Å². The molecule has 6 heteroatoms. The zero-order valence-corrected chi connectivity index (χ0v) is 14.9. The summed E-state index contributed by atoms with van der Waals surface area (Å²) >= 11 is 13.5. The summed E-state index contributed by atoms with van der Waals surface area (Å²) in [7, 11) is 0. The third-order valence-electron chi connectivity index (χ3n) is 3.27. The van der Waals surface area contributed by atoms with E-state index in [2.05, 4.69) is 4.98 Å². The Morgan fingerprint density at radius 3 is 2.79 bits per heavy atom. The highest BCUT2D eigenvalue weighted by molar-refractivity contribution is 7.99. The Kier molecular flexibility index (Phi) is 5.61. The quantitative estimate of drug-likeness (QED) is 0.334. The maximum atomic E-state index is 12.1. The van der Waals surface area contributed by atoms with Gasteiger partial charge in [-0.25, -0.2) is 9.78 Å². The molecule has 0 saturated heterocycles. The van der Waals surface area contributed by atoms with Crippen molar-refractivity contribution < 1.29 is 9.53 Å². The number of halogens is 2. The Labute approximate surface area is 153 Å². The number of hydrogen-bond acceptors (Lipinski definition) is 4. The predicted molar refractivity (Wildman–Crippen MR) is 99.2 cm³/mol. The predicted octanol–water partition coefficient (Wildman–Crippen LogP) is 5.49. The SMILES string of the molecule is O=C(OCCSc1cc(Cl)ccc1Cl)c1ccc2ccccc2n1. The van der Waals surface area contributed by atoms with Crippen LogP contribution in [0.5, 0.6) is 0 Å². The number of carbonyl (C=O) groups is 1. The topological polar surface area (TPSA) is 39.2 Å². The molecule has 0 aliphatic rings. The van der Waals surface area contributed by atoms with Crippen LogP contribution in [0.3, 0.4) is 0 Å². The lowest BCUT2D eigenvalue weighted by Crippen LogP contribution is -2.09. The Morgan fingerprint density at radius 2 is 1.92 bits per heavy atom. The molecule has 2 aromatic carbocycles. The van der Waals surface area contributed by atoms with E-state index >= 15 is 0 Å². The number of esters is 1. The minimum atomic E-state index is -0.432. The second-order valence-corrected chi connectivity index (χ2v) is 6.93. The van der Waals surface area contributed by atoms with Crippen molar-refractivity contribution in [2.45, 2.75) is 4.90 Å². The number of carbonyl (C=O) groups excluding carboxylic acids is 1. The fourth-order valence-corrected chi connectivity index (χ4v) is 3.45. The Balaban J connectivity index is 1.56. The molecule has 0 saturated carbocycles. The van der Waals surface area contributed by atoms with Crippen LogP contribution < -0.4 is 0 Å². The van der Waals surface area contributed by atoms with Gasteiger partial charge in [0.05, 0.1) is 10.5 Å². The van der Waals surface area contributed by atoms with E-state index in [0.717, 1.165) is 15.8 Å². The van der Waals surface area contributed by atoms with E-state index in [0.29, 0.717) is 21.5 Å². The van der Waals surface area contributed by atoms with Crippen molar-refractivity contribution >= 4 is 51.8 Å². The molecule has 1 aromatic heterocycles. The molecule has 0 atom stereocenters. The number of hydrogen-bond donors (Lipinski definition) is 0. The van der Waals surface area contributed by atoms with Gasteiger partial charge < -0.3 is 4.74 Å². The number of aromatic nitrogens is 1. The zero-order chi connectivity index (χ0) is 16.9. The maximum absolute atomic E-state index is 12.1. The number of thioether (sulfide) groups is 1. The van der Waals surface area contributed by atoms with Crippen molar-refractivity contribution in [3.8, 4) is 0 Å². The van der Waals surface area contributed by atoms with Crippen molar-refractivity contribution in [2.24, 2.45) is 0 Å². The van der Waals surface area contributed by atoms with E-state index in [1.807, 2.05) is 30.3 Å². The fourth-order valence-electron chi connectivity index (χ4n) is 2.13. The van der Waals surface area contributed by atoms with Crippen molar-refractivity contribution in [1.29, 1.82) is 0 Å². The van der Waals surface area contributed by atoms with Crippen LogP contribution >= 0.6 is 35.0 Å². The first-order valence-electron chi connectivity index (χ1n) is 7.24. The second kappa shape index (κ2) is 7.88. The number of nitrogens with zero attached hydrogens (tertiary/aromatic N) is 1. The van der Waals surface area contributed by atoms with Gasteiger partial charge in [0.15, 0.2) is 0 Å². The molecule has 0 spiro atoms. The summed E-state index contributed by atoms with van der Waals surface area (Å²) in [6.07, 6.45) is 0. The molecular weight excluding hydrogens is 365 g/mol. The smallest absolute Gasteiger partial charge is 0.356 e. The molecule has 3 rings (SSSR count). The summed E-state index contributed by atoms with van der Waals surface area (Å²) in [5.41, 5.74) is 1.08. The van der Waals surface area contributed by atoms with E-state index in [1.165, 1.54) is 11.8 Å².